The number of hydrogen-bond donors (Lipinski definition) is 3. The van der Waals surface area contributed by atoms with Crippen molar-refractivity contribution in [2.75, 3.05) is 18.6 Å². The van der Waals surface area contributed by atoms with E-state index in [1.165, 1.54) is 18.2 Å². The number of carbonyl (C=O) groups excluding carboxylic acids is 1. The highest BCUT2D eigenvalue weighted by Gasteiger charge is 2.19. The summed E-state index contributed by atoms with van der Waals surface area (Å²) in [5, 5.41) is 13.6. The van der Waals surface area contributed by atoms with Crippen LogP contribution < -0.4 is 16.6 Å². The molecule has 1 saturated heterocycles. The molecule has 0 saturated carbocycles. The van der Waals surface area contributed by atoms with Crippen molar-refractivity contribution in [3.8, 4) is 0 Å². The Morgan fingerprint density at radius 1 is 1.55 bits per heavy atom. The van der Waals surface area contributed by atoms with Crippen LogP contribution in [0.5, 0.6) is 0 Å². The second kappa shape index (κ2) is 6.31. The van der Waals surface area contributed by atoms with E-state index < -0.39 is 4.92 Å². The highest BCUT2D eigenvalue weighted by molar-refractivity contribution is 5.95. The number of carbonyl (C=O) groups is 1. The number of anilines is 1. The maximum absolute atomic E-state index is 11.9. The topological polar surface area (TPSA) is 120 Å². The fourth-order valence-corrected chi connectivity index (χ4v) is 2.06. The number of nitro groups is 1. The van der Waals surface area contributed by atoms with Crippen molar-refractivity contribution in [1.29, 1.82) is 0 Å². The number of rotatable bonds is 5. The quantitative estimate of drug-likeness (QED) is 0.416. The molecule has 108 valence electrons. The largest absolute Gasteiger partial charge is 0.376 e. The molecule has 0 spiro atoms. The van der Waals surface area contributed by atoms with Gasteiger partial charge in [0.2, 0.25) is 0 Å². The Morgan fingerprint density at radius 2 is 2.35 bits per heavy atom. The van der Waals surface area contributed by atoms with Gasteiger partial charge in [-0.05, 0) is 25.0 Å². The van der Waals surface area contributed by atoms with Gasteiger partial charge in [0.1, 0.15) is 5.69 Å². The number of nitro benzene ring substituents is 1. The Balaban J connectivity index is 2.05. The van der Waals surface area contributed by atoms with Gasteiger partial charge >= 0.3 is 0 Å². The third-order valence-electron chi connectivity index (χ3n) is 3.13. The summed E-state index contributed by atoms with van der Waals surface area (Å²) in [5.41, 5.74) is 2.36. The SMILES string of the molecule is NNc1ccc(C(=O)NCC2CCCO2)cc1[N+](=O)[O-]. The van der Waals surface area contributed by atoms with Crippen molar-refractivity contribution in [3.05, 3.63) is 33.9 Å². The van der Waals surface area contributed by atoms with Crippen LogP contribution in [0.15, 0.2) is 18.2 Å². The molecule has 1 atom stereocenters. The maximum atomic E-state index is 11.9. The van der Waals surface area contributed by atoms with Crippen LogP contribution in [0.1, 0.15) is 23.2 Å². The smallest absolute Gasteiger partial charge is 0.294 e. The summed E-state index contributed by atoms with van der Waals surface area (Å²) in [6.45, 7) is 1.12. The number of nitrogen functional groups attached to an aromatic ring is 1. The van der Waals surface area contributed by atoms with Crippen molar-refractivity contribution >= 4 is 17.3 Å². The van der Waals surface area contributed by atoms with Gasteiger partial charge in [-0.15, -0.1) is 0 Å². The van der Waals surface area contributed by atoms with Crippen LogP contribution in [0, 0.1) is 10.1 Å². The normalized spacial score (nSPS) is 17.8. The zero-order chi connectivity index (χ0) is 14.5. The first-order valence-electron chi connectivity index (χ1n) is 6.26. The Labute approximate surface area is 115 Å². The van der Waals surface area contributed by atoms with Crippen molar-refractivity contribution in [1.82, 2.24) is 5.32 Å². The molecule has 1 amide bonds. The zero-order valence-electron chi connectivity index (χ0n) is 10.8. The van der Waals surface area contributed by atoms with Gasteiger partial charge in [0.25, 0.3) is 11.6 Å². The minimum atomic E-state index is -0.591. The van der Waals surface area contributed by atoms with Crippen LogP contribution in [0.25, 0.3) is 0 Å². The molecular formula is C12H16N4O4. The predicted molar refractivity (Wildman–Crippen MR) is 72.2 cm³/mol. The third kappa shape index (κ3) is 3.22. The summed E-state index contributed by atoms with van der Waals surface area (Å²) in [6.07, 6.45) is 1.93. The van der Waals surface area contributed by atoms with Gasteiger partial charge in [-0.2, -0.15) is 0 Å². The van der Waals surface area contributed by atoms with Crippen LogP contribution >= 0.6 is 0 Å². The molecule has 8 nitrogen and oxygen atoms in total. The van der Waals surface area contributed by atoms with Gasteiger partial charge < -0.3 is 15.5 Å². The van der Waals surface area contributed by atoms with Crippen molar-refractivity contribution in [2.45, 2.75) is 18.9 Å². The Bertz CT molecular complexity index is 514. The second-order valence-electron chi connectivity index (χ2n) is 4.48. The summed E-state index contributed by atoms with van der Waals surface area (Å²) in [4.78, 5) is 22.2. The number of amides is 1. The van der Waals surface area contributed by atoms with E-state index >= 15 is 0 Å². The average molecular weight is 280 g/mol. The molecule has 2 rings (SSSR count). The molecule has 1 aromatic rings. The van der Waals surface area contributed by atoms with E-state index in [9.17, 15) is 14.9 Å². The number of nitrogens with zero attached hydrogens (tertiary/aromatic N) is 1. The Kier molecular flexibility index (Phi) is 4.49. The van der Waals surface area contributed by atoms with Gasteiger partial charge in [0.05, 0.1) is 11.0 Å². The van der Waals surface area contributed by atoms with Crippen molar-refractivity contribution in [2.24, 2.45) is 5.84 Å². The predicted octanol–water partition coefficient (Wildman–Crippen LogP) is 0.789. The van der Waals surface area contributed by atoms with E-state index in [-0.39, 0.29) is 28.9 Å². The van der Waals surface area contributed by atoms with Crippen LogP contribution in [0.3, 0.4) is 0 Å². The lowest BCUT2D eigenvalue weighted by molar-refractivity contribution is -0.384. The van der Waals surface area contributed by atoms with Gasteiger partial charge in [0, 0.05) is 24.8 Å². The van der Waals surface area contributed by atoms with E-state index in [1.807, 2.05) is 0 Å². The van der Waals surface area contributed by atoms with E-state index in [1.54, 1.807) is 0 Å². The molecule has 1 aliphatic rings. The van der Waals surface area contributed by atoms with Gasteiger partial charge in [-0.3, -0.25) is 20.8 Å². The Hall–Kier alpha value is -2.19. The highest BCUT2D eigenvalue weighted by Crippen LogP contribution is 2.24. The number of hydrazine groups is 1. The minimum Gasteiger partial charge on any atom is -0.376 e. The first-order chi connectivity index (χ1) is 9.61. The number of nitrogens with two attached hydrogens (primary N) is 1. The molecule has 1 aliphatic heterocycles. The Morgan fingerprint density at radius 3 is 2.95 bits per heavy atom. The zero-order valence-corrected chi connectivity index (χ0v) is 10.8. The highest BCUT2D eigenvalue weighted by atomic mass is 16.6. The van der Waals surface area contributed by atoms with E-state index in [0.717, 1.165) is 12.8 Å². The van der Waals surface area contributed by atoms with Crippen LogP contribution in [-0.4, -0.2) is 30.1 Å². The molecule has 0 aliphatic carbocycles. The van der Waals surface area contributed by atoms with E-state index in [2.05, 4.69) is 10.7 Å². The molecule has 0 aromatic heterocycles. The lowest BCUT2D eigenvalue weighted by Crippen LogP contribution is -2.31. The minimum absolute atomic E-state index is 0.0268. The molecule has 20 heavy (non-hydrogen) atoms. The molecule has 1 fully saturated rings. The summed E-state index contributed by atoms with van der Waals surface area (Å²) in [6, 6.07) is 4.08. The number of hydrogen-bond acceptors (Lipinski definition) is 6. The molecule has 0 bridgehead atoms. The maximum Gasteiger partial charge on any atom is 0.294 e. The number of benzene rings is 1. The van der Waals surface area contributed by atoms with E-state index in [0.29, 0.717) is 13.2 Å². The first-order valence-corrected chi connectivity index (χ1v) is 6.26. The van der Waals surface area contributed by atoms with Gasteiger partial charge in [0.15, 0.2) is 0 Å². The van der Waals surface area contributed by atoms with Crippen molar-refractivity contribution in [3.63, 3.8) is 0 Å². The molecule has 0 radical (unpaired) electrons. The van der Waals surface area contributed by atoms with Gasteiger partial charge in [-0.1, -0.05) is 0 Å². The molecule has 1 heterocycles. The lowest BCUT2D eigenvalue weighted by Gasteiger charge is -2.11. The van der Waals surface area contributed by atoms with Crippen LogP contribution in [0.4, 0.5) is 11.4 Å². The fraction of sp³-hybridized carbons (Fsp3) is 0.417. The summed E-state index contributed by atoms with van der Waals surface area (Å²) in [7, 11) is 0. The number of nitrogens with one attached hydrogen (secondary N) is 2. The molecule has 1 aromatic carbocycles. The van der Waals surface area contributed by atoms with Gasteiger partial charge in [-0.25, -0.2) is 0 Å². The summed E-state index contributed by atoms with van der Waals surface area (Å²) in [5.74, 6) is 4.82. The van der Waals surface area contributed by atoms with E-state index in [4.69, 9.17) is 10.6 Å². The van der Waals surface area contributed by atoms with Crippen molar-refractivity contribution < 1.29 is 14.5 Å². The van der Waals surface area contributed by atoms with Crippen LogP contribution in [0.2, 0.25) is 0 Å². The monoisotopic (exact) mass is 280 g/mol. The van der Waals surface area contributed by atoms with Crippen LogP contribution in [-0.2, 0) is 4.74 Å². The number of ether oxygens (including phenoxy) is 1. The lowest BCUT2D eigenvalue weighted by atomic mass is 10.1. The third-order valence-corrected chi connectivity index (χ3v) is 3.13. The summed E-state index contributed by atoms with van der Waals surface area (Å²) < 4.78 is 5.39. The standard InChI is InChI=1S/C12H16N4O4/c13-15-10-4-3-8(6-11(10)16(18)19)12(17)14-7-9-2-1-5-20-9/h3-4,6,9,15H,1-2,5,7,13H2,(H,14,17). The summed E-state index contributed by atoms with van der Waals surface area (Å²) >= 11 is 0. The molecule has 1 unspecified atom stereocenters. The molecule has 8 heteroatoms. The molecule has 4 N–H and O–H groups in total. The fourth-order valence-electron chi connectivity index (χ4n) is 2.06. The first kappa shape index (κ1) is 14.2. The second-order valence-corrected chi connectivity index (χ2v) is 4.48. The molecular weight excluding hydrogens is 264 g/mol. The average Bonchev–Trinajstić information content (AvgIpc) is 2.97.